The van der Waals surface area contributed by atoms with Crippen molar-refractivity contribution in [1.29, 1.82) is 5.26 Å². The number of fused-ring (bicyclic) bond motifs is 3. The van der Waals surface area contributed by atoms with E-state index >= 15 is 0 Å². The Balaban J connectivity index is 2.16. The van der Waals surface area contributed by atoms with Gasteiger partial charge in [-0.05, 0) is 36.0 Å². The molecular weight excluding hydrogens is 186 g/mol. The maximum Gasteiger partial charge on any atom is 0.126 e. The Hall–Kier alpha value is -1.49. The van der Waals surface area contributed by atoms with Crippen molar-refractivity contribution in [2.45, 2.75) is 31.6 Å². The molecule has 2 nitrogen and oxygen atoms in total. The Morgan fingerprint density at radius 1 is 1.33 bits per heavy atom. The van der Waals surface area contributed by atoms with E-state index in [0.29, 0.717) is 0 Å². The van der Waals surface area contributed by atoms with Gasteiger partial charge in [0.25, 0.3) is 0 Å². The third-order valence-corrected chi connectivity index (χ3v) is 3.45. The Morgan fingerprint density at radius 2 is 2.27 bits per heavy atom. The third kappa shape index (κ3) is 1.23. The minimum absolute atomic E-state index is 0.0863. The van der Waals surface area contributed by atoms with Crippen molar-refractivity contribution in [3.05, 3.63) is 28.8 Å². The summed E-state index contributed by atoms with van der Waals surface area (Å²) < 4.78 is 5.68. The highest BCUT2D eigenvalue weighted by Crippen LogP contribution is 2.40. The van der Waals surface area contributed by atoms with Crippen LogP contribution in [0.4, 0.5) is 0 Å². The van der Waals surface area contributed by atoms with Crippen LogP contribution < -0.4 is 4.74 Å². The molecule has 0 saturated carbocycles. The number of benzene rings is 1. The lowest BCUT2D eigenvalue weighted by Crippen LogP contribution is -2.09. The fourth-order valence-electron chi connectivity index (χ4n) is 2.69. The molecule has 1 aromatic rings. The number of hydrogen-bond acceptors (Lipinski definition) is 2. The monoisotopic (exact) mass is 199 g/mol. The van der Waals surface area contributed by atoms with Crippen LogP contribution in [0.1, 0.15) is 35.4 Å². The molecule has 76 valence electrons. The molecule has 0 fully saturated rings. The number of ether oxygens (including phenoxy) is 1. The van der Waals surface area contributed by atoms with Crippen molar-refractivity contribution in [3.8, 4) is 11.8 Å². The molecule has 2 aliphatic rings. The van der Waals surface area contributed by atoms with E-state index in [1.165, 1.54) is 16.7 Å². The largest absolute Gasteiger partial charge is 0.493 e. The maximum absolute atomic E-state index is 9.10. The molecule has 0 saturated heterocycles. The van der Waals surface area contributed by atoms with Gasteiger partial charge in [-0.15, -0.1) is 0 Å². The fourth-order valence-corrected chi connectivity index (χ4v) is 2.69. The summed E-state index contributed by atoms with van der Waals surface area (Å²) in [5.41, 5.74) is 3.85. The summed E-state index contributed by atoms with van der Waals surface area (Å²) in [4.78, 5) is 0. The zero-order chi connectivity index (χ0) is 10.3. The van der Waals surface area contributed by atoms with E-state index in [9.17, 15) is 0 Å². The van der Waals surface area contributed by atoms with Crippen LogP contribution in [0.5, 0.6) is 5.75 Å². The van der Waals surface area contributed by atoms with E-state index < -0.39 is 0 Å². The van der Waals surface area contributed by atoms with Crippen molar-refractivity contribution < 1.29 is 4.74 Å². The molecule has 0 N–H and O–H groups in total. The second kappa shape index (κ2) is 3.27. The number of rotatable bonds is 0. The molecule has 0 spiro atoms. The van der Waals surface area contributed by atoms with Crippen LogP contribution in [0, 0.1) is 11.3 Å². The van der Waals surface area contributed by atoms with Crippen LogP contribution in [-0.2, 0) is 12.8 Å². The fraction of sp³-hybridized carbons (Fsp3) is 0.462. The van der Waals surface area contributed by atoms with E-state index in [2.05, 4.69) is 18.2 Å². The lowest BCUT2D eigenvalue weighted by atomic mass is 9.82. The standard InChI is InChI=1S/C13H13NO/c14-8-10-2-1-3-12-11(10)5-4-9-6-7-15-13(9)12/h4-5,10H,1-3,6-7H2. The van der Waals surface area contributed by atoms with E-state index in [0.717, 1.165) is 38.0 Å². The van der Waals surface area contributed by atoms with Crippen molar-refractivity contribution in [2.75, 3.05) is 6.61 Å². The lowest BCUT2D eigenvalue weighted by molar-refractivity contribution is 0.351. The van der Waals surface area contributed by atoms with Crippen molar-refractivity contribution in [1.82, 2.24) is 0 Å². The van der Waals surface area contributed by atoms with Crippen LogP contribution in [0.2, 0.25) is 0 Å². The zero-order valence-corrected chi connectivity index (χ0v) is 8.62. The summed E-state index contributed by atoms with van der Waals surface area (Å²) in [6.45, 7) is 0.809. The van der Waals surface area contributed by atoms with Gasteiger partial charge in [0.2, 0.25) is 0 Å². The highest BCUT2D eigenvalue weighted by Gasteiger charge is 2.26. The summed E-state index contributed by atoms with van der Waals surface area (Å²) in [7, 11) is 0. The normalized spacial score (nSPS) is 22.5. The summed E-state index contributed by atoms with van der Waals surface area (Å²) >= 11 is 0. The van der Waals surface area contributed by atoms with E-state index in [4.69, 9.17) is 10.00 Å². The topological polar surface area (TPSA) is 33.0 Å². The molecule has 0 radical (unpaired) electrons. The van der Waals surface area contributed by atoms with Crippen molar-refractivity contribution in [3.63, 3.8) is 0 Å². The Labute approximate surface area is 89.5 Å². The van der Waals surface area contributed by atoms with Gasteiger partial charge in [-0.25, -0.2) is 0 Å². The minimum atomic E-state index is 0.0863. The van der Waals surface area contributed by atoms with Gasteiger partial charge in [-0.2, -0.15) is 5.26 Å². The highest BCUT2D eigenvalue weighted by atomic mass is 16.5. The third-order valence-electron chi connectivity index (χ3n) is 3.45. The molecule has 1 aliphatic carbocycles. The van der Waals surface area contributed by atoms with Gasteiger partial charge in [-0.3, -0.25) is 0 Å². The summed E-state index contributed by atoms with van der Waals surface area (Å²) in [6.07, 6.45) is 4.23. The number of nitriles is 1. The zero-order valence-electron chi connectivity index (χ0n) is 8.62. The average Bonchev–Trinajstić information content (AvgIpc) is 2.76. The second-order valence-electron chi connectivity index (χ2n) is 4.29. The molecule has 1 aromatic carbocycles. The molecule has 1 aliphatic heterocycles. The van der Waals surface area contributed by atoms with Crippen LogP contribution >= 0.6 is 0 Å². The van der Waals surface area contributed by atoms with E-state index in [-0.39, 0.29) is 5.92 Å². The Bertz CT molecular complexity index is 445. The first-order valence-corrected chi connectivity index (χ1v) is 5.57. The predicted octanol–water partition coefficient (Wildman–Crippen LogP) is 2.56. The Kier molecular flexibility index (Phi) is 1.92. The molecule has 0 aromatic heterocycles. The molecule has 0 bridgehead atoms. The smallest absolute Gasteiger partial charge is 0.126 e. The molecular formula is C13H13NO. The number of hydrogen-bond donors (Lipinski definition) is 0. The lowest BCUT2D eigenvalue weighted by Gasteiger charge is -2.22. The van der Waals surface area contributed by atoms with Crippen LogP contribution in [-0.4, -0.2) is 6.61 Å². The first kappa shape index (κ1) is 8.79. The van der Waals surface area contributed by atoms with Gasteiger partial charge >= 0.3 is 0 Å². The van der Waals surface area contributed by atoms with Crippen LogP contribution in [0.15, 0.2) is 12.1 Å². The molecule has 15 heavy (non-hydrogen) atoms. The molecule has 1 unspecified atom stereocenters. The first-order valence-electron chi connectivity index (χ1n) is 5.57. The van der Waals surface area contributed by atoms with Crippen molar-refractivity contribution in [2.24, 2.45) is 0 Å². The van der Waals surface area contributed by atoms with Gasteiger partial charge in [0.1, 0.15) is 5.75 Å². The van der Waals surface area contributed by atoms with Gasteiger partial charge < -0.3 is 4.74 Å². The summed E-state index contributed by atoms with van der Waals surface area (Å²) in [5.74, 6) is 1.18. The quantitative estimate of drug-likeness (QED) is 0.643. The average molecular weight is 199 g/mol. The summed E-state index contributed by atoms with van der Waals surface area (Å²) in [5, 5.41) is 9.10. The van der Waals surface area contributed by atoms with E-state index in [1.54, 1.807) is 0 Å². The predicted molar refractivity (Wildman–Crippen MR) is 56.9 cm³/mol. The minimum Gasteiger partial charge on any atom is -0.493 e. The molecule has 0 amide bonds. The first-order chi connectivity index (χ1) is 7.40. The highest BCUT2D eigenvalue weighted by molar-refractivity contribution is 5.51. The second-order valence-corrected chi connectivity index (χ2v) is 4.29. The molecule has 2 heteroatoms. The van der Waals surface area contributed by atoms with Crippen molar-refractivity contribution >= 4 is 0 Å². The molecule has 1 atom stereocenters. The van der Waals surface area contributed by atoms with Crippen LogP contribution in [0.25, 0.3) is 0 Å². The van der Waals surface area contributed by atoms with Gasteiger partial charge in [-0.1, -0.05) is 12.1 Å². The van der Waals surface area contributed by atoms with E-state index in [1.807, 2.05) is 0 Å². The van der Waals surface area contributed by atoms with Crippen LogP contribution in [0.3, 0.4) is 0 Å². The summed E-state index contributed by atoms with van der Waals surface area (Å²) in [6, 6.07) is 6.67. The molecule has 1 heterocycles. The number of nitrogens with zero attached hydrogens (tertiary/aromatic N) is 1. The Morgan fingerprint density at radius 3 is 3.13 bits per heavy atom. The van der Waals surface area contributed by atoms with Gasteiger partial charge in [0.05, 0.1) is 18.6 Å². The SMILES string of the molecule is N#CC1CCCc2c1ccc1c2OCC1. The van der Waals surface area contributed by atoms with Gasteiger partial charge in [0.15, 0.2) is 0 Å². The molecule has 3 rings (SSSR count). The van der Waals surface area contributed by atoms with Gasteiger partial charge in [0, 0.05) is 6.42 Å². The maximum atomic E-state index is 9.10.